The minimum atomic E-state index is -1.43. The number of phenols is 1. The zero-order valence-electron chi connectivity index (χ0n) is 24.7. The molecule has 3 amide bonds. The number of aromatic hydroxyl groups is 1. The zero-order valence-corrected chi connectivity index (χ0v) is 24.7. The fourth-order valence-corrected chi connectivity index (χ4v) is 4.96. The molecule has 3 aromatic carbocycles. The SMILES string of the molecule is NC(CC(=O)O)C(=O)NC(Cc1ccccc1)C(=O)NC(Cc1c[nH]c2ccccc12)C(=O)NC(Cc1ccc(O)cc1)C(=O)O. The van der Waals surface area contributed by atoms with Crippen molar-refractivity contribution >= 4 is 40.6 Å². The molecule has 4 atom stereocenters. The number of hydrogen-bond donors (Lipinski definition) is 8. The minimum absolute atomic E-state index is 0.00175. The summed E-state index contributed by atoms with van der Waals surface area (Å²) in [6, 6.07) is 16.6. The van der Waals surface area contributed by atoms with Gasteiger partial charge in [-0.1, -0.05) is 60.7 Å². The second-order valence-electron chi connectivity index (χ2n) is 10.9. The number of aliphatic carboxylic acids is 2. The first kappa shape index (κ1) is 33.2. The van der Waals surface area contributed by atoms with E-state index in [9.17, 15) is 34.2 Å². The van der Waals surface area contributed by atoms with Crippen molar-refractivity contribution in [1.82, 2.24) is 20.9 Å². The molecule has 0 radical (unpaired) electrons. The number of H-pyrrole nitrogens is 1. The van der Waals surface area contributed by atoms with Crippen molar-refractivity contribution in [2.45, 2.75) is 49.9 Å². The molecular weight excluding hydrogens is 594 g/mol. The van der Waals surface area contributed by atoms with E-state index in [1.807, 2.05) is 24.3 Å². The molecule has 13 heteroatoms. The number of amides is 3. The summed E-state index contributed by atoms with van der Waals surface area (Å²) >= 11 is 0. The van der Waals surface area contributed by atoms with Crippen LogP contribution in [0, 0.1) is 0 Å². The highest BCUT2D eigenvalue weighted by molar-refractivity contribution is 5.95. The van der Waals surface area contributed by atoms with Crippen LogP contribution in [0.1, 0.15) is 23.1 Å². The average molecular weight is 630 g/mol. The maximum absolute atomic E-state index is 13.8. The van der Waals surface area contributed by atoms with Crippen molar-refractivity contribution in [3.63, 3.8) is 0 Å². The second kappa shape index (κ2) is 15.3. The van der Waals surface area contributed by atoms with Crippen LogP contribution in [0.2, 0.25) is 0 Å². The van der Waals surface area contributed by atoms with Gasteiger partial charge in [-0.15, -0.1) is 0 Å². The lowest BCUT2D eigenvalue weighted by atomic mass is 10.0. The van der Waals surface area contributed by atoms with Gasteiger partial charge in [-0.2, -0.15) is 0 Å². The predicted molar refractivity (Wildman–Crippen MR) is 168 cm³/mol. The Kier molecular flexibility index (Phi) is 11.1. The summed E-state index contributed by atoms with van der Waals surface area (Å²) < 4.78 is 0. The van der Waals surface area contributed by atoms with Crippen LogP contribution >= 0.6 is 0 Å². The molecule has 0 spiro atoms. The molecule has 0 saturated carbocycles. The molecule has 0 aliphatic rings. The molecule has 0 fully saturated rings. The maximum Gasteiger partial charge on any atom is 0.326 e. The van der Waals surface area contributed by atoms with E-state index in [1.54, 1.807) is 36.5 Å². The number of nitrogens with two attached hydrogens (primary N) is 1. The topological polar surface area (TPSA) is 224 Å². The summed E-state index contributed by atoms with van der Waals surface area (Å²) in [5.41, 5.74) is 8.43. The van der Waals surface area contributed by atoms with Crippen molar-refractivity contribution in [3.05, 3.63) is 102 Å². The number of carbonyl (C=O) groups excluding carboxylic acids is 3. The van der Waals surface area contributed by atoms with Gasteiger partial charge < -0.3 is 42.0 Å². The van der Waals surface area contributed by atoms with Crippen LogP contribution in [0.15, 0.2) is 85.1 Å². The third-order valence-electron chi connectivity index (χ3n) is 7.37. The Morgan fingerprint density at radius 3 is 1.87 bits per heavy atom. The Morgan fingerprint density at radius 1 is 0.674 bits per heavy atom. The minimum Gasteiger partial charge on any atom is -0.508 e. The Bertz CT molecular complexity index is 1690. The number of hydrogen-bond acceptors (Lipinski definition) is 7. The van der Waals surface area contributed by atoms with Crippen molar-refractivity contribution in [2.75, 3.05) is 0 Å². The molecule has 4 unspecified atom stereocenters. The van der Waals surface area contributed by atoms with Crippen LogP contribution in [0.4, 0.5) is 0 Å². The summed E-state index contributed by atoms with van der Waals surface area (Å²) in [7, 11) is 0. The van der Waals surface area contributed by atoms with E-state index in [0.717, 1.165) is 10.9 Å². The quantitative estimate of drug-likeness (QED) is 0.0946. The van der Waals surface area contributed by atoms with Gasteiger partial charge in [0.1, 0.15) is 23.9 Å². The van der Waals surface area contributed by atoms with Crippen LogP contribution in [-0.2, 0) is 43.2 Å². The van der Waals surface area contributed by atoms with Gasteiger partial charge >= 0.3 is 11.9 Å². The molecule has 4 aromatic rings. The van der Waals surface area contributed by atoms with Gasteiger partial charge in [0.05, 0.1) is 12.5 Å². The van der Waals surface area contributed by atoms with Crippen LogP contribution < -0.4 is 21.7 Å². The average Bonchev–Trinajstić information content (AvgIpc) is 3.43. The van der Waals surface area contributed by atoms with Crippen LogP contribution in [0.5, 0.6) is 5.75 Å². The lowest BCUT2D eigenvalue weighted by Crippen LogP contribution is -2.58. The summed E-state index contributed by atoms with van der Waals surface area (Å²) in [6.45, 7) is 0. The fourth-order valence-electron chi connectivity index (χ4n) is 4.96. The molecule has 240 valence electrons. The van der Waals surface area contributed by atoms with E-state index >= 15 is 0 Å². The van der Waals surface area contributed by atoms with Gasteiger partial charge in [0.15, 0.2) is 0 Å². The number of carboxylic acids is 2. The first-order chi connectivity index (χ1) is 22.0. The van der Waals surface area contributed by atoms with Crippen molar-refractivity contribution in [1.29, 1.82) is 0 Å². The molecule has 9 N–H and O–H groups in total. The number of phenolic OH excluding ortho intramolecular Hbond substituents is 1. The summed E-state index contributed by atoms with van der Waals surface area (Å²) in [6.07, 6.45) is 0.907. The number of carboxylic acid groups (broad SMARTS) is 2. The molecule has 0 aliphatic heterocycles. The van der Waals surface area contributed by atoms with Crippen LogP contribution in [-0.4, -0.2) is 74.1 Å². The smallest absolute Gasteiger partial charge is 0.326 e. The number of rotatable bonds is 15. The predicted octanol–water partition coefficient (Wildman–Crippen LogP) is 1.24. The fraction of sp³-hybridized carbons (Fsp3) is 0.242. The van der Waals surface area contributed by atoms with Gasteiger partial charge in [-0.05, 0) is 34.9 Å². The first-order valence-corrected chi connectivity index (χ1v) is 14.5. The molecule has 1 heterocycles. The van der Waals surface area contributed by atoms with E-state index in [-0.39, 0.29) is 25.0 Å². The Morgan fingerprint density at radius 2 is 1.22 bits per heavy atom. The number of nitrogens with one attached hydrogen (secondary N) is 4. The summed E-state index contributed by atoms with van der Waals surface area (Å²) in [5.74, 6) is -5.00. The number of aromatic amines is 1. The van der Waals surface area contributed by atoms with E-state index in [4.69, 9.17) is 10.8 Å². The zero-order chi connectivity index (χ0) is 33.2. The number of aromatic nitrogens is 1. The second-order valence-corrected chi connectivity index (χ2v) is 10.9. The van der Waals surface area contributed by atoms with Gasteiger partial charge in [0.25, 0.3) is 0 Å². The molecule has 4 rings (SSSR count). The highest BCUT2D eigenvalue weighted by Gasteiger charge is 2.31. The normalized spacial score (nSPS) is 13.6. The van der Waals surface area contributed by atoms with Gasteiger partial charge in [0, 0.05) is 36.4 Å². The third-order valence-corrected chi connectivity index (χ3v) is 7.37. The van der Waals surface area contributed by atoms with Crippen molar-refractivity contribution in [2.24, 2.45) is 5.73 Å². The summed E-state index contributed by atoms with van der Waals surface area (Å²) in [5, 5.41) is 37.0. The monoisotopic (exact) mass is 629 g/mol. The first-order valence-electron chi connectivity index (χ1n) is 14.5. The molecule has 1 aromatic heterocycles. The number of carbonyl (C=O) groups is 5. The lowest BCUT2D eigenvalue weighted by Gasteiger charge is -2.25. The molecule has 0 bridgehead atoms. The maximum atomic E-state index is 13.8. The Balaban J connectivity index is 1.61. The van der Waals surface area contributed by atoms with Gasteiger partial charge in [0.2, 0.25) is 17.7 Å². The molecule has 0 saturated heterocycles. The molecule has 13 nitrogen and oxygen atoms in total. The van der Waals surface area contributed by atoms with E-state index in [0.29, 0.717) is 16.7 Å². The highest BCUT2D eigenvalue weighted by Crippen LogP contribution is 2.20. The summed E-state index contributed by atoms with van der Waals surface area (Å²) in [4.78, 5) is 66.7. The largest absolute Gasteiger partial charge is 0.508 e. The highest BCUT2D eigenvalue weighted by atomic mass is 16.4. The Labute approximate surface area is 263 Å². The number of para-hydroxylation sites is 1. The molecule has 0 aliphatic carbocycles. The van der Waals surface area contributed by atoms with Crippen LogP contribution in [0.3, 0.4) is 0 Å². The van der Waals surface area contributed by atoms with Gasteiger partial charge in [-0.25, -0.2) is 4.79 Å². The standard InChI is InChI=1S/C33H35N5O8/c34-24(17-29(40)41)30(42)36-26(14-19-6-2-1-3-7-19)31(43)37-27(16-21-18-35-25-9-5-4-8-23(21)25)32(44)38-28(33(45)46)15-20-10-12-22(39)13-11-20/h1-13,18,24,26-28,35,39H,14-17,34H2,(H,36,42)(H,37,43)(H,38,44)(H,40,41)(H,45,46). The lowest BCUT2D eigenvalue weighted by molar-refractivity contribution is -0.142. The van der Waals surface area contributed by atoms with E-state index < -0.39 is 60.2 Å². The third kappa shape index (κ3) is 9.16. The number of fused-ring (bicyclic) bond motifs is 1. The van der Waals surface area contributed by atoms with E-state index in [1.165, 1.54) is 24.3 Å². The van der Waals surface area contributed by atoms with Crippen molar-refractivity contribution in [3.8, 4) is 5.75 Å². The number of benzene rings is 3. The molecule has 46 heavy (non-hydrogen) atoms. The molecular formula is C33H35N5O8. The van der Waals surface area contributed by atoms with Gasteiger partial charge in [-0.3, -0.25) is 19.2 Å². The Hall–Kier alpha value is -5.69. The van der Waals surface area contributed by atoms with Crippen LogP contribution in [0.25, 0.3) is 10.9 Å². The van der Waals surface area contributed by atoms with E-state index in [2.05, 4.69) is 20.9 Å². The van der Waals surface area contributed by atoms with Crippen molar-refractivity contribution < 1.29 is 39.3 Å².